The molecule has 1 aliphatic rings. The van der Waals surface area contributed by atoms with Crippen LogP contribution in [0.4, 0.5) is 0 Å². The first kappa shape index (κ1) is 26.6. The van der Waals surface area contributed by atoms with Gasteiger partial charge in [0.15, 0.2) is 17.3 Å². The quantitative estimate of drug-likeness (QED) is 0.208. The zero-order chi connectivity index (χ0) is 28.1. The third-order valence-corrected chi connectivity index (χ3v) is 6.86. The monoisotopic (exact) mass is 528 g/mol. The molecule has 0 atom stereocenters. The Kier molecular flexibility index (Phi) is 7.83. The fourth-order valence-electron chi connectivity index (χ4n) is 4.46. The predicted molar refractivity (Wildman–Crippen MR) is 154 cm³/mol. The van der Waals surface area contributed by atoms with E-state index in [1.807, 2.05) is 37.3 Å². The highest BCUT2D eigenvalue weighted by Gasteiger charge is 2.17. The summed E-state index contributed by atoms with van der Waals surface area (Å²) in [5, 5.41) is 0. The highest BCUT2D eigenvalue weighted by Crippen LogP contribution is 2.25. The number of ether oxygens (including phenoxy) is 2. The molecule has 0 fully saturated rings. The van der Waals surface area contributed by atoms with Gasteiger partial charge in [0.2, 0.25) is 0 Å². The van der Waals surface area contributed by atoms with Gasteiger partial charge in [0.25, 0.3) is 0 Å². The van der Waals surface area contributed by atoms with E-state index in [-0.39, 0.29) is 17.3 Å². The maximum absolute atomic E-state index is 13.0. The summed E-state index contributed by atoms with van der Waals surface area (Å²) in [6.07, 6.45) is 4.95. The van der Waals surface area contributed by atoms with Crippen LogP contribution >= 0.6 is 0 Å². The molecule has 40 heavy (non-hydrogen) atoms. The summed E-state index contributed by atoms with van der Waals surface area (Å²) in [6, 6.07) is 28.1. The number of ketones is 3. The molecule has 0 amide bonds. The van der Waals surface area contributed by atoms with Crippen LogP contribution in [0.3, 0.4) is 0 Å². The Balaban J connectivity index is 1.21. The highest BCUT2D eigenvalue weighted by atomic mass is 16.5. The third-order valence-electron chi connectivity index (χ3n) is 6.86. The molecule has 5 rings (SSSR count). The van der Waals surface area contributed by atoms with Gasteiger partial charge in [-0.15, -0.1) is 0 Å². The van der Waals surface area contributed by atoms with Gasteiger partial charge in [0.05, 0.1) is 12.9 Å². The van der Waals surface area contributed by atoms with Crippen molar-refractivity contribution in [1.29, 1.82) is 0 Å². The van der Waals surface area contributed by atoms with Crippen LogP contribution in [0.5, 0.6) is 11.5 Å². The van der Waals surface area contributed by atoms with Gasteiger partial charge in [0, 0.05) is 39.8 Å². The molecule has 4 aromatic carbocycles. The molecule has 0 N–H and O–H groups in total. The van der Waals surface area contributed by atoms with E-state index in [0.29, 0.717) is 52.2 Å². The lowest BCUT2D eigenvalue weighted by Crippen LogP contribution is -2.08. The van der Waals surface area contributed by atoms with Crippen LogP contribution in [-0.4, -0.2) is 24.5 Å². The molecule has 0 aliphatic heterocycles. The summed E-state index contributed by atoms with van der Waals surface area (Å²) in [6.45, 7) is 1.98. The standard InChI is InChI=1S/C35H28O5/c1-23-3-5-24(6-4-23)33(36)28-13-19-31(20-14-28)40-32-21-15-29(16-22-32)35(38)26-9-7-25(8-10-26)34(37)27-11-17-30(39-2)18-12-27/h3-11,13-17,19-22H,12,18H2,1-2H3. The van der Waals surface area contributed by atoms with Crippen LogP contribution in [0.1, 0.15) is 60.6 Å². The SMILES string of the molecule is COC1=CC=C(C(=O)c2ccc(C(=O)c3ccc(Oc4ccc(C(=O)c5ccc(C)cc5)cc4)cc3)cc2)CC1. The van der Waals surface area contributed by atoms with E-state index in [4.69, 9.17) is 9.47 Å². The lowest BCUT2D eigenvalue weighted by Gasteiger charge is -2.13. The predicted octanol–water partition coefficient (Wildman–Crippen LogP) is 7.68. The summed E-state index contributed by atoms with van der Waals surface area (Å²) in [5.41, 5.74) is 4.61. The summed E-state index contributed by atoms with van der Waals surface area (Å²) in [7, 11) is 1.62. The van der Waals surface area contributed by atoms with Gasteiger partial charge < -0.3 is 9.47 Å². The van der Waals surface area contributed by atoms with Crippen molar-refractivity contribution in [1.82, 2.24) is 0 Å². The largest absolute Gasteiger partial charge is 0.501 e. The number of hydrogen-bond donors (Lipinski definition) is 0. The zero-order valence-corrected chi connectivity index (χ0v) is 22.3. The lowest BCUT2D eigenvalue weighted by atomic mass is 9.94. The van der Waals surface area contributed by atoms with Gasteiger partial charge in [0.1, 0.15) is 11.5 Å². The molecule has 1 aliphatic carbocycles. The van der Waals surface area contributed by atoms with Gasteiger partial charge >= 0.3 is 0 Å². The molecule has 0 heterocycles. The van der Waals surface area contributed by atoms with Crippen molar-refractivity contribution in [3.8, 4) is 11.5 Å². The molecule has 0 saturated heterocycles. The first-order chi connectivity index (χ1) is 19.4. The summed E-state index contributed by atoms with van der Waals surface area (Å²) in [5.74, 6) is 1.78. The first-order valence-corrected chi connectivity index (χ1v) is 13.0. The second-order valence-electron chi connectivity index (χ2n) is 9.61. The lowest BCUT2D eigenvalue weighted by molar-refractivity contribution is 0.102. The van der Waals surface area contributed by atoms with E-state index in [1.54, 1.807) is 86.0 Å². The number of allylic oxidation sites excluding steroid dienone is 4. The average molecular weight is 529 g/mol. The van der Waals surface area contributed by atoms with E-state index in [1.165, 1.54) is 0 Å². The summed E-state index contributed by atoms with van der Waals surface area (Å²) < 4.78 is 11.1. The van der Waals surface area contributed by atoms with Crippen LogP contribution in [0, 0.1) is 6.92 Å². The number of benzene rings is 4. The smallest absolute Gasteiger partial charge is 0.193 e. The molecule has 0 radical (unpaired) electrons. The average Bonchev–Trinajstić information content (AvgIpc) is 3.01. The second kappa shape index (κ2) is 11.8. The minimum atomic E-state index is -0.144. The molecule has 0 aromatic heterocycles. The Morgan fingerprint density at radius 2 is 0.925 bits per heavy atom. The molecule has 4 aromatic rings. The minimum Gasteiger partial charge on any atom is -0.501 e. The molecular weight excluding hydrogens is 500 g/mol. The Morgan fingerprint density at radius 3 is 1.32 bits per heavy atom. The number of rotatable bonds is 9. The topological polar surface area (TPSA) is 69.7 Å². The number of aryl methyl sites for hydroxylation is 1. The van der Waals surface area contributed by atoms with E-state index in [2.05, 4.69) is 0 Å². The molecule has 5 heteroatoms. The normalized spacial score (nSPS) is 12.7. The van der Waals surface area contributed by atoms with Crippen molar-refractivity contribution in [2.24, 2.45) is 0 Å². The number of hydrogen-bond acceptors (Lipinski definition) is 5. The fourth-order valence-corrected chi connectivity index (χ4v) is 4.46. The molecule has 0 spiro atoms. The van der Waals surface area contributed by atoms with Crippen molar-refractivity contribution in [3.63, 3.8) is 0 Å². The van der Waals surface area contributed by atoms with Crippen molar-refractivity contribution >= 4 is 17.3 Å². The highest BCUT2D eigenvalue weighted by molar-refractivity contribution is 6.12. The Labute approximate surface area is 233 Å². The maximum atomic E-state index is 13.0. The molecule has 198 valence electrons. The number of carbonyl (C=O) groups is 3. The van der Waals surface area contributed by atoms with Crippen molar-refractivity contribution in [2.45, 2.75) is 19.8 Å². The first-order valence-electron chi connectivity index (χ1n) is 13.0. The molecule has 5 nitrogen and oxygen atoms in total. The molecule has 0 bridgehead atoms. The van der Waals surface area contributed by atoms with Crippen molar-refractivity contribution < 1.29 is 23.9 Å². The van der Waals surface area contributed by atoms with Crippen LogP contribution < -0.4 is 4.74 Å². The Hall–Kier alpha value is -5.03. The summed E-state index contributed by atoms with van der Waals surface area (Å²) in [4.78, 5) is 38.5. The van der Waals surface area contributed by atoms with E-state index in [9.17, 15) is 14.4 Å². The van der Waals surface area contributed by atoms with Crippen LogP contribution in [0.25, 0.3) is 0 Å². The van der Waals surface area contributed by atoms with Gasteiger partial charge in [-0.1, -0.05) is 60.2 Å². The van der Waals surface area contributed by atoms with Gasteiger partial charge in [-0.3, -0.25) is 14.4 Å². The number of methoxy groups -OCH3 is 1. The second-order valence-corrected chi connectivity index (χ2v) is 9.61. The Bertz CT molecular complexity index is 1610. The fraction of sp³-hybridized carbons (Fsp3) is 0.114. The van der Waals surface area contributed by atoms with Crippen molar-refractivity contribution in [2.75, 3.05) is 7.11 Å². The number of Topliss-reactive ketones (excluding diaryl/α,β-unsaturated/α-hetero) is 1. The Morgan fingerprint density at radius 1 is 0.525 bits per heavy atom. The molecular formula is C35H28O5. The van der Waals surface area contributed by atoms with Gasteiger partial charge in [-0.2, -0.15) is 0 Å². The molecule has 0 saturated carbocycles. The number of carbonyl (C=O) groups excluding carboxylic acids is 3. The summed E-state index contributed by atoms with van der Waals surface area (Å²) >= 11 is 0. The van der Waals surface area contributed by atoms with Gasteiger partial charge in [-0.25, -0.2) is 0 Å². The van der Waals surface area contributed by atoms with Crippen LogP contribution in [0.15, 0.2) is 121 Å². The molecule has 0 unspecified atom stereocenters. The van der Waals surface area contributed by atoms with Gasteiger partial charge in [-0.05, 0) is 68.0 Å². The van der Waals surface area contributed by atoms with Crippen LogP contribution in [0.2, 0.25) is 0 Å². The van der Waals surface area contributed by atoms with E-state index < -0.39 is 0 Å². The van der Waals surface area contributed by atoms with E-state index in [0.717, 1.165) is 16.9 Å². The van der Waals surface area contributed by atoms with E-state index >= 15 is 0 Å². The van der Waals surface area contributed by atoms with Crippen molar-refractivity contribution in [3.05, 3.63) is 154 Å². The van der Waals surface area contributed by atoms with Crippen LogP contribution in [-0.2, 0) is 4.74 Å². The zero-order valence-electron chi connectivity index (χ0n) is 22.3. The minimum absolute atomic E-state index is 0.0422. The third kappa shape index (κ3) is 6.00. The maximum Gasteiger partial charge on any atom is 0.193 e.